The van der Waals surface area contributed by atoms with Crippen molar-refractivity contribution in [2.45, 2.75) is 25.9 Å². The molecule has 0 radical (unpaired) electrons. The van der Waals surface area contributed by atoms with E-state index in [1.807, 2.05) is 24.4 Å². The molecule has 5 nitrogen and oxygen atoms in total. The summed E-state index contributed by atoms with van der Waals surface area (Å²) < 4.78 is 13.0. The summed E-state index contributed by atoms with van der Waals surface area (Å²) in [5, 5.41) is 5.11. The molecular formula is C18H18FN3O2S2. The Labute approximate surface area is 160 Å². The normalized spacial score (nSPS) is 17.1. The van der Waals surface area contributed by atoms with Gasteiger partial charge in [0.05, 0.1) is 13.0 Å². The molecule has 3 rings (SSSR count). The van der Waals surface area contributed by atoms with Crippen LogP contribution in [-0.4, -0.2) is 39.3 Å². The Bertz CT molecular complexity index is 808. The van der Waals surface area contributed by atoms with Gasteiger partial charge >= 0.3 is 0 Å². The Hall–Kier alpha value is -2.32. The summed E-state index contributed by atoms with van der Waals surface area (Å²) in [6.07, 6.45) is -0.0156. The van der Waals surface area contributed by atoms with Crippen molar-refractivity contribution in [2.24, 2.45) is 0 Å². The van der Waals surface area contributed by atoms with Crippen molar-refractivity contribution < 1.29 is 14.0 Å². The molecule has 0 spiro atoms. The zero-order valence-electron chi connectivity index (χ0n) is 14.1. The number of rotatable bonds is 6. The van der Waals surface area contributed by atoms with Crippen molar-refractivity contribution >= 4 is 46.2 Å². The van der Waals surface area contributed by atoms with Crippen LogP contribution in [-0.2, 0) is 16.1 Å². The maximum atomic E-state index is 13.0. The van der Waals surface area contributed by atoms with E-state index in [0.717, 1.165) is 4.88 Å². The lowest BCUT2D eigenvalue weighted by Gasteiger charge is -2.23. The summed E-state index contributed by atoms with van der Waals surface area (Å²) in [6, 6.07) is 8.79. The van der Waals surface area contributed by atoms with Crippen molar-refractivity contribution in [3.05, 3.63) is 52.5 Å². The fraction of sp³-hybridized carbons (Fsp3) is 0.278. The maximum Gasteiger partial charge on any atom is 0.252 e. The number of halogens is 1. The van der Waals surface area contributed by atoms with Gasteiger partial charge in [0.1, 0.15) is 11.9 Å². The van der Waals surface area contributed by atoms with Gasteiger partial charge in [-0.1, -0.05) is 6.07 Å². The van der Waals surface area contributed by atoms with E-state index in [1.54, 1.807) is 16.2 Å². The zero-order chi connectivity index (χ0) is 18.7. The predicted molar refractivity (Wildman–Crippen MR) is 103 cm³/mol. The van der Waals surface area contributed by atoms with Crippen LogP contribution in [0, 0.1) is 5.82 Å². The minimum Gasteiger partial charge on any atom is -0.331 e. The number of hydrogen-bond donors (Lipinski definition) is 1. The average molecular weight is 391 g/mol. The standard InChI is InChI=1S/C18H18FN3O2S2/c1-2-21-17(24)15(22(18(21)25)11-14-4-3-9-26-14)10-16(23)20-13-7-5-12(19)6-8-13/h3-9,15H,2,10-11H2,1H3,(H,20,23)/t15-/m0/s1. The highest BCUT2D eigenvalue weighted by molar-refractivity contribution is 7.80. The van der Waals surface area contributed by atoms with E-state index in [1.165, 1.54) is 29.2 Å². The molecule has 1 aliphatic heterocycles. The number of amides is 2. The van der Waals surface area contributed by atoms with Crippen molar-refractivity contribution in [3.63, 3.8) is 0 Å². The van der Waals surface area contributed by atoms with Crippen LogP contribution >= 0.6 is 23.6 Å². The third-order valence-electron chi connectivity index (χ3n) is 4.13. The Morgan fingerprint density at radius 1 is 1.31 bits per heavy atom. The fourth-order valence-electron chi connectivity index (χ4n) is 2.85. The van der Waals surface area contributed by atoms with Gasteiger partial charge in [-0.2, -0.15) is 0 Å². The molecule has 0 bridgehead atoms. The summed E-state index contributed by atoms with van der Waals surface area (Å²) in [5.74, 6) is -0.852. The van der Waals surface area contributed by atoms with Crippen LogP contribution in [0.25, 0.3) is 0 Å². The first-order chi connectivity index (χ1) is 12.5. The highest BCUT2D eigenvalue weighted by Crippen LogP contribution is 2.25. The van der Waals surface area contributed by atoms with E-state index in [4.69, 9.17) is 12.2 Å². The summed E-state index contributed by atoms with van der Waals surface area (Å²) in [6.45, 7) is 2.82. The molecule has 1 aromatic heterocycles. The molecule has 1 atom stereocenters. The number of likely N-dealkylation sites (N-methyl/N-ethyl adjacent to an activating group) is 1. The molecule has 1 aromatic carbocycles. The lowest BCUT2D eigenvalue weighted by atomic mass is 10.1. The van der Waals surface area contributed by atoms with Crippen LogP contribution in [0.1, 0.15) is 18.2 Å². The van der Waals surface area contributed by atoms with Crippen LogP contribution in [0.4, 0.5) is 10.1 Å². The Kier molecular flexibility index (Phi) is 5.63. The number of thiocarbonyl (C=S) groups is 1. The summed E-state index contributed by atoms with van der Waals surface area (Å²) >= 11 is 7.03. The van der Waals surface area contributed by atoms with Gasteiger partial charge in [-0.3, -0.25) is 14.5 Å². The quantitative estimate of drug-likeness (QED) is 0.768. The van der Waals surface area contributed by atoms with E-state index >= 15 is 0 Å². The molecule has 2 heterocycles. The van der Waals surface area contributed by atoms with Crippen LogP contribution in [0.2, 0.25) is 0 Å². The first kappa shape index (κ1) is 18.5. The molecule has 1 fully saturated rings. The minimum atomic E-state index is -0.634. The highest BCUT2D eigenvalue weighted by atomic mass is 32.1. The van der Waals surface area contributed by atoms with E-state index in [9.17, 15) is 14.0 Å². The van der Waals surface area contributed by atoms with E-state index in [0.29, 0.717) is 23.9 Å². The maximum absolute atomic E-state index is 13.0. The Morgan fingerprint density at radius 3 is 2.65 bits per heavy atom. The van der Waals surface area contributed by atoms with Gasteiger partial charge < -0.3 is 10.2 Å². The topological polar surface area (TPSA) is 52.7 Å². The zero-order valence-corrected chi connectivity index (χ0v) is 15.8. The summed E-state index contributed by atoms with van der Waals surface area (Å²) in [4.78, 5) is 29.5. The monoisotopic (exact) mass is 391 g/mol. The molecule has 136 valence electrons. The third kappa shape index (κ3) is 3.91. The third-order valence-corrected chi connectivity index (χ3v) is 5.45. The summed E-state index contributed by atoms with van der Waals surface area (Å²) in [5.41, 5.74) is 0.488. The number of anilines is 1. The van der Waals surface area contributed by atoms with Crippen LogP contribution in [0.15, 0.2) is 41.8 Å². The van der Waals surface area contributed by atoms with E-state index < -0.39 is 6.04 Å². The van der Waals surface area contributed by atoms with Gasteiger partial charge in [-0.15, -0.1) is 11.3 Å². The van der Waals surface area contributed by atoms with E-state index in [-0.39, 0.29) is 24.1 Å². The van der Waals surface area contributed by atoms with Crippen molar-refractivity contribution in [1.82, 2.24) is 9.80 Å². The Morgan fingerprint density at radius 2 is 2.04 bits per heavy atom. The van der Waals surface area contributed by atoms with Crippen molar-refractivity contribution in [1.29, 1.82) is 0 Å². The van der Waals surface area contributed by atoms with Gasteiger partial charge in [0.15, 0.2) is 5.11 Å². The molecule has 0 saturated carbocycles. The Balaban J connectivity index is 1.73. The number of carbonyl (C=O) groups is 2. The van der Waals surface area contributed by atoms with E-state index in [2.05, 4.69) is 5.32 Å². The molecule has 8 heteroatoms. The molecule has 0 unspecified atom stereocenters. The number of carbonyl (C=O) groups excluding carboxylic acids is 2. The predicted octanol–water partition coefficient (Wildman–Crippen LogP) is 3.23. The smallest absolute Gasteiger partial charge is 0.252 e. The second kappa shape index (κ2) is 7.92. The molecule has 26 heavy (non-hydrogen) atoms. The molecular weight excluding hydrogens is 373 g/mol. The second-order valence-corrected chi connectivity index (χ2v) is 7.24. The first-order valence-electron chi connectivity index (χ1n) is 8.19. The fourth-order valence-corrected chi connectivity index (χ4v) is 3.97. The first-order valence-corrected chi connectivity index (χ1v) is 9.48. The number of benzene rings is 1. The van der Waals surface area contributed by atoms with Crippen LogP contribution in [0.3, 0.4) is 0 Å². The largest absolute Gasteiger partial charge is 0.331 e. The molecule has 2 aromatic rings. The van der Waals surface area contributed by atoms with Crippen molar-refractivity contribution in [2.75, 3.05) is 11.9 Å². The second-order valence-electron chi connectivity index (χ2n) is 5.85. The van der Waals surface area contributed by atoms with Gasteiger partial charge in [-0.25, -0.2) is 4.39 Å². The minimum absolute atomic E-state index is 0.0156. The van der Waals surface area contributed by atoms with Gasteiger partial charge in [0, 0.05) is 17.1 Å². The summed E-state index contributed by atoms with van der Waals surface area (Å²) in [7, 11) is 0. The number of nitrogens with one attached hydrogen (secondary N) is 1. The molecule has 1 saturated heterocycles. The highest BCUT2D eigenvalue weighted by Gasteiger charge is 2.42. The van der Waals surface area contributed by atoms with Gasteiger partial charge in [0.25, 0.3) is 5.91 Å². The number of hydrogen-bond acceptors (Lipinski definition) is 4. The molecule has 0 aliphatic carbocycles. The molecule has 1 N–H and O–H groups in total. The number of thiophene rings is 1. The van der Waals surface area contributed by atoms with Crippen LogP contribution < -0.4 is 5.32 Å². The SMILES string of the molecule is CCN1C(=O)[C@H](CC(=O)Nc2ccc(F)cc2)N(Cc2cccs2)C1=S. The van der Waals surface area contributed by atoms with Gasteiger partial charge in [0.2, 0.25) is 5.91 Å². The lowest BCUT2D eigenvalue weighted by molar-refractivity contribution is -0.130. The average Bonchev–Trinajstić information content (AvgIpc) is 3.20. The molecule has 2 amide bonds. The lowest BCUT2D eigenvalue weighted by Crippen LogP contribution is -2.37. The van der Waals surface area contributed by atoms with Crippen molar-refractivity contribution in [3.8, 4) is 0 Å². The van der Waals surface area contributed by atoms with Gasteiger partial charge in [-0.05, 0) is 54.9 Å². The number of nitrogens with zero attached hydrogens (tertiary/aromatic N) is 2. The molecule has 1 aliphatic rings. The van der Waals surface area contributed by atoms with Crippen LogP contribution in [0.5, 0.6) is 0 Å².